The van der Waals surface area contributed by atoms with Gasteiger partial charge in [-0.05, 0) is 24.6 Å². The quantitative estimate of drug-likeness (QED) is 0.547. The molecule has 0 spiro atoms. The maximum Gasteiger partial charge on any atom is 0.296 e. The lowest BCUT2D eigenvalue weighted by Crippen LogP contribution is -2.28. The summed E-state index contributed by atoms with van der Waals surface area (Å²) in [6, 6.07) is 13.9. The molecule has 7 heteroatoms. The van der Waals surface area contributed by atoms with Gasteiger partial charge in [-0.15, -0.1) is 0 Å². The molecule has 0 bridgehead atoms. The van der Waals surface area contributed by atoms with Crippen molar-refractivity contribution >= 4 is 22.4 Å². The van der Waals surface area contributed by atoms with Crippen LogP contribution in [0.3, 0.4) is 0 Å². The second-order valence-electron chi connectivity index (χ2n) is 6.16. The fourth-order valence-corrected chi connectivity index (χ4v) is 3.58. The van der Waals surface area contributed by atoms with Crippen LogP contribution < -0.4 is 15.7 Å². The highest BCUT2D eigenvalue weighted by Crippen LogP contribution is 2.09. The molecule has 27 heavy (non-hydrogen) atoms. The van der Waals surface area contributed by atoms with E-state index in [1.165, 1.54) is 12.1 Å². The summed E-state index contributed by atoms with van der Waals surface area (Å²) in [6.45, 7) is 1.98. The predicted octanol–water partition coefficient (Wildman–Crippen LogP) is 2.10. The minimum absolute atomic E-state index is 0.195. The molecule has 0 atom stereocenters. The molecule has 2 heterocycles. The summed E-state index contributed by atoms with van der Waals surface area (Å²) in [7, 11) is 0. The minimum atomic E-state index is -0.464. The summed E-state index contributed by atoms with van der Waals surface area (Å²) < 4.78 is 15.2. The molecular formula is C20H14FN3O2S. The van der Waals surface area contributed by atoms with Gasteiger partial charge in [0.2, 0.25) is 4.96 Å². The maximum absolute atomic E-state index is 13.8. The molecule has 0 unspecified atom stereocenters. The largest absolute Gasteiger partial charge is 0.296 e. The molecule has 2 aromatic carbocycles. The van der Waals surface area contributed by atoms with E-state index in [9.17, 15) is 14.0 Å². The van der Waals surface area contributed by atoms with E-state index in [0.717, 1.165) is 27.0 Å². The van der Waals surface area contributed by atoms with Gasteiger partial charge >= 0.3 is 0 Å². The molecular weight excluding hydrogens is 365 g/mol. The molecule has 5 nitrogen and oxygen atoms in total. The maximum atomic E-state index is 13.8. The van der Waals surface area contributed by atoms with Crippen LogP contribution in [0.1, 0.15) is 22.4 Å². The fraction of sp³-hybridized carbons (Fsp3) is 0.100. The molecule has 0 N–H and O–H groups in total. The van der Waals surface area contributed by atoms with Crippen LogP contribution in [0.5, 0.6) is 0 Å². The standard InChI is InChI=1S/C20H14FN3O2S/c1-12-6-8-13(9-7-12)10-16-18(25)22-20-24(23-16)19(26)17(27-20)11-14-4-2-3-5-15(14)21/h2-9,11H,10H2,1H3. The van der Waals surface area contributed by atoms with Crippen molar-refractivity contribution in [1.29, 1.82) is 0 Å². The van der Waals surface area contributed by atoms with Gasteiger partial charge in [-0.3, -0.25) is 9.59 Å². The van der Waals surface area contributed by atoms with Crippen molar-refractivity contribution in [2.45, 2.75) is 13.3 Å². The van der Waals surface area contributed by atoms with E-state index in [0.29, 0.717) is 5.56 Å². The number of aryl methyl sites for hydroxylation is 1. The van der Waals surface area contributed by atoms with Crippen LogP contribution in [-0.2, 0) is 6.42 Å². The lowest BCUT2D eigenvalue weighted by molar-refractivity contribution is 0.625. The third-order valence-electron chi connectivity index (χ3n) is 4.13. The Morgan fingerprint density at radius 1 is 1.11 bits per heavy atom. The van der Waals surface area contributed by atoms with Crippen molar-refractivity contribution in [3.63, 3.8) is 0 Å². The molecule has 0 aliphatic rings. The minimum Gasteiger partial charge on any atom is -0.266 e. The van der Waals surface area contributed by atoms with Crippen molar-refractivity contribution in [3.05, 3.63) is 102 Å². The van der Waals surface area contributed by atoms with Gasteiger partial charge in [0.1, 0.15) is 11.5 Å². The Bertz CT molecular complexity index is 1310. The normalized spacial score (nSPS) is 12.0. The van der Waals surface area contributed by atoms with Crippen LogP contribution in [0.25, 0.3) is 11.0 Å². The SMILES string of the molecule is Cc1ccc(Cc2nn3c(=O)c(=Cc4ccccc4F)sc3nc2=O)cc1. The van der Waals surface area contributed by atoms with E-state index < -0.39 is 16.9 Å². The molecule has 0 aliphatic carbocycles. The Morgan fingerprint density at radius 2 is 1.85 bits per heavy atom. The molecule has 134 valence electrons. The Hall–Kier alpha value is -3.19. The van der Waals surface area contributed by atoms with Crippen molar-refractivity contribution in [3.8, 4) is 0 Å². The summed E-state index contributed by atoms with van der Waals surface area (Å²) >= 11 is 1.01. The van der Waals surface area contributed by atoms with E-state index in [4.69, 9.17) is 0 Å². The molecule has 0 radical (unpaired) electrons. The highest BCUT2D eigenvalue weighted by molar-refractivity contribution is 7.15. The Kier molecular flexibility index (Phi) is 4.37. The van der Waals surface area contributed by atoms with Gasteiger partial charge in [0, 0.05) is 12.0 Å². The number of aromatic nitrogens is 3. The first kappa shape index (κ1) is 17.2. The molecule has 4 aromatic rings. The smallest absolute Gasteiger partial charge is 0.266 e. The fourth-order valence-electron chi connectivity index (χ4n) is 2.68. The molecule has 0 fully saturated rings. The number of benzene rings is 2. The third kappa shape index (κ3) is 3.41. The van der Waals surface area contributed by atoms with Gasteiger partial charge in [-0.1, -0.05) is 59.4 Å². The van der Waals surface area contributed by atoms with Crippen LogP contribution in [0.2, 0.25) is 0 Å². The molecule has 0 amide bonds. The number of rotatable bonds is 3. The van der Waals surface area contributed by atoms with Crippen LogP contribution >= 0.6 is 11.3 Å². The van der Waals surface area contributed by atoms with E-state index in [1.54, 1.807) is 18.2 Å². The summed E-state index contributed by atoms with van der Waals surface area (Å²) in [6.07, 6.45) is 1.74. The Balaban J connectivity index is 1.82. The number of thiazole rings is 1. The molecule has 2 aromatic heterocycles. The number of halogens is 1. The van der Waals surface area contributed by atoms with Gasteiger partial charge in [0.25, 0.3) is 11.1 Å². The zero-order valence-electron chi connectivity index (χ0n) is 14.3. The third-order valence-corrected chi connectivity index (χ3v) is 5.09. The number of fused-ring (bicyclic) bond motifs is 1. The van der Waals surface area contributed by atoms with Gasteiger partial charge in [0.05, 0.1) is 4.53 Å². The average Bonchev–Trinajstić information content (AvgIpc) is 2.94. The number of nitrogens with zero attached hydrogens (tertiary/aromatic N) is 3. The van der Waals surface area contributed by atoms with E-state index in [-0.39, 0.29) is 21.6 Å². The van der Waals surface area contributed by atoms with Gasteiger partial charge in [0.15, 0.2) is 0 Å². The van der Waals surface area contributed by atoms with Crippen LogP contribution in [0.4, 0.5) is 4.39 Å². The van der Waals surface area contributed by atoms with E-state index in [1.807, 2.05) is 31.2 Å². The Labute approximate surface area is 157 Å². The number of hydrogen-bond acceptors (Lipinski definition) is 5. The topological polar surface area (TPSA) is 64.3 Å². The van der Waals surface area contributed by atoms with Crippen molar-refractivity contribution in [2.75, 3.05) is 0 Å². The first-order valence-electron chi connectivity index (χ1n) is 8.26. The first-order chi connectivity index (χ1) is 13.0. The van der Waals surface area contributed by atoms with Crippen molar-refractivity contribution in [1.82, 2.24) is 14.6 Å². The Morgan fingerprint density at radius 3 is 2.59 bits per heavy atom. The monoisotopic (exact) mass is 379 g/mol. The molecule has 0 saturated heterocycles. The lowest BCUT2D eigenvalue weighted by Gasteiger charge is -2.01. The predicted molar refractivity (Wildman–Crippen MR) is 103 cm³/mol. The van der Waals surface area contributed by atoms with Crippen molar-refractivity contribution in [2.24, 2.45) is 0 Å². The molecule has 0 saturated carbocycles. The van der Waals surface area contributed by atoms with Crippen LogP contribution in [0.15, 0.2) is 58.1 Å². The second kappa shape index (κ2) is 6.85. The first-order valence-corrected chi connectivity index (χ1v) is 9.07. The second-order valence-corrected chi connectivity index (χ2v) is 7.17. The highest BCUT2D eigenvalue weighted by atomic mass is 32.1. The molecule has 4 rings (SSSR count). The van der Waals surface area contributed by atoms with Crippen LogP contribution in [0, 0.1) is 12.7 Å². The summed E-state index contributed by atoms with van der Waals surface area (Å²) in [5.41, 5.74) is 1.63. The molecule has 0 aliphatic heterocycles. The van der Waals surface area contributed by atoms with E-state index in [2.05, 4.69) is 10.1 Å². The summed E-state index contributed by atoms with van der Waals surface area (Å²) in [5.74, 6) is -0.426. The average molecular weight is 379 g/mol. The zero-order valence-corrected chi connectivity index (χ0v) is 15.2. The summed E-state index contributed by atoms with van der Waals surface area (Å²) in [5, 5.41) is 4.20. The van der Waals surface area contributed by atoms with Crippen LogP contribution in [-0.4, -0.2) is 14.6 Å². The van der Waals surface area contributed by atoms with Gasteiger partial charge < -0.3 is 0 Å². The summed E-state index contributed by atoms with van der Waals surface area (Å²) in [4.78, 5) is 29.1. The van der Waals surface area contributed by atoms with Gasteiger partial charge in [-0.25, -0.2) is 4.39 Å². The zero-order chi connectivity index (χ0) is 19.0. The van der Waals surface area contributed by atoms with Crippen molar-refractivity contribution < 1.29 is 4.39 Å². The van der Waals surface area contributed by atoms with Gasteiger partial charge in [-0.2, -0.15) is 14.6 Å². The van der Waals surface area contributed by atoms with E-state index >= 15 is 0 Å². The highest BCUT2D eigenvalue weighted by Gasteiger charge is 2.12. The number of hydrogen-bond donors (Lipinski definition) is 0. The lowest BCUT2D eigenvalue weighted by atomic mass is 10.1.